The van der Waals surface area contributed by atoms with Gasteiger partial charge in [0.05, 0.1) is 73.9 Å². The zero-order valence-electron chi connectivity index (χ0n) is 32.6. The van der Waals surface area contributed by atoms with Crippen LogP contribution in [0, 0.1) is 15.6 Å². The van der Waals surface area contributed by atoms with Crippen molar-refractivity contribution < 1.29 is 95.3 Å². The molecule has 3 unspecified atom stereocenters. The van der Waals surface area contributed by atoms with E-state index < -0.39 is 102 Å². The summed E-state index contributed by atoms with van der Waals surface area (Å²) in [5, 5.41) is 93.4. The molecule has 68 heavy (non-hydrogen) atoms. The fraction of sp³-hybridized carbons (Fsp3) is 0.0625. The van der Waals surface area contributed by atoms with Gasteiger partial charge >= 0.3 is 5.97 Å². The molecule has 2 aliphatic carbocycles. The van der Waals surface area contributed by atoms with Crippen LogP contribution in [0.1, 0.15) is 0 Å². The highest BCUT2D eigenvalue weighted by molar-refractivity contribution is 7.95. The number of hydrazone groups is 1. The molecule has 6 rings (SSSR count). The van der Waals surface area contributed by atoms with Gasteiger partial charge in [-0.3, -0.25) is 29.5 Å². The van der Waals surface area contributed by atoms with Crippen LogP contribution >= 0.6 is 36.1 Å². The van der Waals surface area contributed by atoms with Crippen molar-refractivity contribution >= 4 is 96.5 Å². The average Bonchev–Trinajstić information content (AvgIpc) is 3.63. The summed E-state index contributed by atoms with van der Waals surface area (Å²) in [6.07, 6.45) is -1.77. The van der Waals surface area contributed by atoms with Gasteiger partial charge in [-0.05, 0) is 65.9 Å². The molecule has 0 radical (unpaired) electrons. The van der Waals surface area contributed by atoms with Gasteiger partial charge in [0.2, 0.25) is 10.9 Å². The maximum Gasteiger partial charge on any atom is 0.354 e. The Labute approximate surface area is 388 Å². The molecule has 11 N–H and O–H groups in total. The number of carboxylic acid groups (broad SMARTS) is 1. The Morgan fingerprint density at radius 3 is 1.97 bits per heavy atom. The molecule has 0 bridgehead atoms. The van der Waals surface area contributed by atoms with Gasteiger partial charge in [0, 0.05) is 17.0 Å². The molecule has 360 valence electrons. The predicted molar refractivity (Wildman–Crippen MR) is 224 cm³/mol. The fourth-order valence-electron chi connectivity index (χ4n) is 5.78. The van der Waals surface area contributed by atoms with Crippen LogP contribution < -0.4 is 42.7 Å². The Kier molecular flexibility index (Phi) is 16.6. The van der Waals surface area contributed by atoms with Crippen molar-refractivity contribution in [1.29, 1.82) is 0 Å². The first kappa shape index (κ1) is 51.4. The lowest BCUT2D eigenvalue weighted by molar-refractivity contribution is -0.991. The Morgan fingerprint density at radius 2 is 1.35 bits per heavy atom. The number of hydrogen-bond donors (Lipinski definition) is 11. The van der Waals surface area contributed by atoms with Crippen LogP contribution in [0.15, 0.2) is 132 Å². The number of anilines is 3. The zero-order chi connectivity index (χ0) is 49.5. The molecule has 1 heterocycles. The van der Waals surface area contributed by atoms with Gasteiger partial charge in [-0.1, -0.05) is 15.1 Å². The summed E-state index contributed by atoms with van der Waals surface area (Å²) < 4.78 is 83.6. The summed E-state index contributed by atoms with van der Waals surface area (Å²) in [5.41, 5.74) is -0.308. The van der Waals surface area contributed by atoms with Crippen LogP contribution in [0.3, 0.4) is 0 Å². The lowest BCUT2D eigenvalue weighted by atomic mass is 10.1. The van der Waals surface area contributed by atoms with E-state index >= 15 is 0 Å². The highest BCUT2D eigenvalue weighted by Crippen LogP contribution is 2.32. The van der Waals surface area contributed by atoms with Crippen LogP contribution in [-0.2, 0) is 53.1 Å². The zero-order valence-corrected chi connectivity index (χ0v) is 36.7. The van der Waals surface area contributed by atoms with E-state index in [1.54, 1.807) is 0 Å². The normalized spacial score (nSPS) is 16.5. The van der Waals surface area contributed by atoms with Gasteiger partial charge in [0.25, 0.3) is 20.2 Å². The van der Waals surface area contributed by atoms with E-state index in [9.17, 15) is 61.0 Å². The van der Waals surface area contributed by atoms with Crippen molar-refractivity contribution in [3.05, 3.63) is 120 Å². The number of azo groups is 1. The van der Waals surface area contributed by atoms with E-state index in [2.05, 4.69) is 64.5 Å². The van der Waals surface area contributed by atoms with Crippen LogP contribution in [0.2, 0.25) is 0 Å². The number of carbonyl (C=O) groups is 1. The lowest BCUT2D eigenvalue weighted by Crippen LogP contribution is -2.99. The van der Waals surface area contributed by atoms with Gasteiger partial charge in [0.15, 0.2) is 29.0 Å². The van der Waals surface area contributed by atoms with E-state index in [0.29, 0.717) is 29.1 Å². The maximum atomic E-state index is 14.0. The minimum absolute atomic E-state index is 0.0595. The van der Waals surface area contributed by atoms with E-state index in [-0.39, 0.29) is 51.7 Å². The number of aliphatic hydroxyl groups is 1. The largest absolute Gasteiger partial charge is 0.595 e. The Balaban J connectivity index is 1.40. The van der Waals surface area contributed by atoms with Crippen LogP contribution in [0.4, 0.5) is 28.4 Å². The number of carboxylic acids is 1. The molecule has 0 saturated carbocycles. The van der Waals surface area contributed by atoms with Gasteiger partial charge in [-0.25, -0.2) is 30.8 Å². The molecule has 0 saturated heterocycles. The van der Waals surface area contributed by atoms with Gasteiger partial charge in [-0.2, -0.15) is 47.6 Å². The second-order valence-corrected chi connectivity index (χ2v) is 17.7. The number of benzene rings is 3. The van der Waals surface area contributed by atoms with Crippen molar-refractivity contribution in [2.45, 2.75) is 36.7 Å². The van der Waals surface area contributed by atoms with E-state index in [1.165, 1.54) is 24.3 Å². The number of hydrogen-bond acceptors (Lipinski definition) is 30. The fourth-order valence-corrected chi connectivity index (χ4v) is 8.43. The minimum atomic E-state index is -5.34. The Bertz CT molecular complexity index is 3330. The molecule has 0 fully saturated rings. The topological polar surface area (TPSA) is 453 Å². The average molecular weight is 1050 g/mol. The van der Waals surface area contributed by atoms with Crippen molar-refractivity contribution in [3.8, 4) is 0 Å². The van der Waals surface area contributed by atoms with Crippen molar-refractivity contribution in [2.75, 3.05) is 15.9 Å². The number of aliphatic hydroxyl groups excluding tert-OH is 1. The summed E-state index contributed by atoms with van der Waals surface area (Å²) in [7, 11) is -10.6. The number of quaternary nitrogens is 1. The number of nitrogens with one attached hydrogen (secondary N) is 3. The molecule has 0 amide bonds. The minimum Gasteiger partial charge on any atom is -0.595 e. The number of aliphatic carboxylic acids is 1. The van der Waals surface area contributed by atoms with Crippen LogP contribution in [0.25, 0.3) is 0 Å². The molecular formula is C32H25N9O22S5. The monoisotopic (exact) mass is 1050 g/mol. The van der Waals surface area contributed by atoms with Crippen LogP contribution in [0.5, 0.6) is 0 Å². The molecule has 1 aliphatic heterocycles. The maximum absolute atomic E-state index is 14.0. The van der Waals surface area contributed by atoms with E-state index in [0.717, 1.165) is 41.4 Å². The summed E-state index contributed by atoms with van der Waals surface area (Å²) in [6, 6.07) is 11.4. The second kappa shape index (κ2) is 22.0. The Morgan fingerprint density at radius 1 is 0.765 bits per heavy atom. The first-order valence-corrected chi connectivity index (χ1v) is 22.5. The van der Waals surface area contributed by atoms with Gasteiger partial charge in [-0.15, -0.1) is 13.0 Å². The van der Waals surface area contributed by atoms with Gasteiger partial charge < -0.3 is 15.4 Å². The third-order valence-electron chi connectivity index (χ3n) is 8.65. The third kappa shape index (κ3) is 11.8. The highest BCUT2D eigenvalue weighted by atomic mass is 32.2. The van der Waals surface area contributed by atoms with Crippen molar-refractivity contribution in [3.63, 3.8) is 0 Å². The summed E-state index contributed by atoms with van der Waals surface area (Å²) in [5.74, 6) is -1.61. The molecule has 3 aromatic rings. The number of rotatable bonds is 20. The molecule has 36 heteroatoms. The first-order valence-electron chi connectivity index (χ1n) is 17.4. The molecule has 3 atom stereocenters. The smallest absolute Gasteiger partial charge is 0.354 e. The molecule has 31 nitrogen and oxygen atoms in total. The molecule has 3 aliphatic rings. The molecule has 0 spiro atoms. The van der Waals surface area contributed by atoms with Crippen molar-refractivity contribution in [1.82, 2.24) is 0 Å². The van der Waals surface area contributed by atoms with E-state index in [1.807, 2.05) is 0 Å². The third-order valence-corrected chi connectivity index (χ3v) is 12.3. The standard InChI is InChI=1S/C32H25N9O22S5/c42-29-24-13(10-23(68(55,56)57)26(30(24)43)37-34-18-8-4-16(41(47)48)12-20(18)65-62-59-50)9-21(66-63-60-51)25(29)36-35-19-7-1-14(11-22(19)67(52,53)54)33-38-27-28(32(45)46)39-40(31(27)44)15-2-5-17(6-3-15)64-61-58-49/h1-12,27,31,34-35,41,44,47,49-51H,(H,45,46)(H,52,53,54)(H,55,56,57). The number of nitrogens with zero attached hydrogens (tertiary/aromatic N) is 6. The summed E-state index contributed by atoms with van der Waals surface area (Å²) in [6.45, 7) is 0. The van der Waals surface area contributed by atoms with E-state index in [4.69, 9.17) is 15.8 Å². The molecule has 0 aromatic heterocycles. The Hall–Kier alpha value is -5.95. The molecular weight excluding hydrogens is 1020 g/mol. The lowest BCUT2D eigenvalue weighted by Gasteiger charge is -2.20. The SMILES string of the molecule is O=C(O)C1=NN(c2ccc(SOOO)cc2)C(O)C1N=Nc1ccc(NN=c2c(SOOO)cc3cc(S(=O)(=O)O)c(=NNc4ccc([NH+]([O-])O)cc4SOOO)c(=O)c=3c2=O)c(S(=O)(=O)O)c1. The summed E-state index contributed by atoms with van der Waals surface area (Å²) in [4.78, 5) is 37.7. The van der Waals surface area contributed by atoms with Crippen LogP contribution in [-0.4, -0.2) is 81.1 Å². The highest BCUT2D eigenvalue weighted by Gasteiger charge is 2.41. The van der Waals surface area contributed by atoms with Crippen molar-refractivity contribution in [2.24, 2.45) is 25.5 Å². The molecule has 3 aromatic carbocycles. The van der Waals surface area contributed by atoms with Gasteiger partial charge in [0.1, 0.15) is 15.1 Å². The predicted octanol–water partition coefficient (Wildman–Crippen LogP) is 0.776. The first-order chi connectivity index (χ1) is 32.3. The summed E-state index contributed by atoms with van der Waals surface area (Å²) >= 11 is 0.912. The quantitative estimate of drug-likeness (QED) is 0.0169. The second-order valence-electron chi connectivity index (χ2n) is 12.7.